The second kappa shape index (κ2) is 5.70. The lowest BCUT2D eigenvalue weighted by molar-refractivity contribution is 0.321. The molecule has 1 aromatic carbocycles. The summed E-state index contributed by atoms with van der Waals surface area (Å²) in [6.45, 7) is 5.50. The molecule has 1 aromatic rings. The Hall–Kier alpha value is -0.410. The summed E-state index contributed by atoms with van der Waals surface area (Å²) in [6.07, 6.45) is 4.59. The third-order valence-corrected chi connectivity index (χ3v) is 4.87. The lowest BCUT2D eigenvalue weighted by Gasteiger charge is -2.25. The Morgan fingerprint density at radius 3 is 3.00 bits per heavy atom. The molecular weight excluding hydrogens is 293 g/mol. The van der Waals surface area contributed by atoms with Gasteiger partial charge in [-0.05, 0) is 65.2 Å². The lowest BCUT2D eigenvalue weighted by Crippen LogP contribution is -2.28. The maximum Gasteiger partial charge on any atom is 0.137 e. The highest BCUT2D eigenvalue weighted by molar-refractivity contribution is 9.10. The molecule has 0 aliphatic heterocycles. The Kier molecular flexibility index (Phi) is 4.44. The molecule has 2 atom stereocenters. The van der Waals surface area contributed by atoms with E-state index in [9.17, 15) is 4.39 Å². The van der Waals surface area contributed by atoms with Gasteiger partial charge in [0.15, 0.2) is 0 Å². The topological polar surface area (TPSA) is 12.0 Å². The van der Waals surface area contributed by atoms with Crippen molar-refractivity contribution in [3.8, 4) is 0 Å². The molecule has 0 spiro atoms. The van der Waals surface area contributed by atoms with E-state index in [4.69, 9.17) is 0 Å². The zero-order chi connectivity index (χ0) is 13.2. The van der Waals surface area contributed by atoms with Gasteiger partial charge in [0.05, 0.1) is 4.47 Å². The summed E-state index contributed by atoms with van der Waals surface area (Å²) in [4.78, 5) is 0. The van der Waals surface area contributed by atoms with Gasteiger partial charge in [-0.2, -0.15) is 0 Å². The summed E-state index contributed by atoms with van der Waals surface area (Å²) in [5.74, 6) is -0.155. The fraction of sp³-hybridized carbons (Fsp3) is 0.600. The van der Waals surface area contributed by atoms with Crippen LogP contribution in [0.4, 0.5) is 4.39 Å². The molecule has 1 N–H and O–H groups in total. The van der Waals surface area contributed by atoms with E-state index in [0.717, 1.165) is 18.5 Å². The molecule has 0 saturated heterocycles. The maximum absolute atomic E-state index is 13.5. The predicted octanol–water partition coefficient (Wildman–Crippen LogP) is 4.30. The number of hydrogen-bond donors (Lipinski definition) is 1. The minimum absolute atomic E-state index is 0.155. The van der Waals surface area contributed by atoms with Crippen LogP contribution >= 0.6 is 15.9 Å². The summed E-state index contributed by atoms with van der Waals surface area (Å²) >= 11 is 3.37. The first-order valence-electron chi connectivity index (χ1n) is 6.70. The highest BCUT2D eigenvalue weighted by Gasteiger charge is 2.35. The predicted molar refractivity (Wildman–Crippen MR) is 77.2 cm³/mol. The van der Waals surface area contributed by atoms with E-state index < -0.39 is 0 Å². The Morgan fingerprint density at radius 1 is 1.50 bits per heavy atom. The van der Waals surface area contributed by atoms with Gasteiger partial charge in [0.2, 0.25) is 0 Å². The monoisotopic (exact) mass is 313 g/mol. The fourth-order valence-electron chi connectivity index (χ4n) is 3.09. The van der Waals surface area contributed by atoms with Crippen molar-refractivity contribution in [3.05, 3.63) is 34.1 Å². The largest absolute Gasteiger partial charge is 0.314 e. The SMILES string of the molecule is CCNC1CCC(C)(Cc2cccc(F)c2Br)C1. The highest BCUT2D eigenvalue weighted by Crippen LogP contribution is 2.41. The van der Waals surface area contributed by atoms with Crippen molar-refractivity contribution in [1.82, 2.24) is 5.32 Å². The van der Waals surface area contributed by atoms with Gasteiger partial charge in [-0.3, -0.25) is 0 Å². The molecule has 0 radical (unpaired) electrons. The molecule has 0 heterocycles. The van der Waals surface area contributed by atoms with Gasteiger partial charge in [0.25, 0.3) is 0 Å². The van der Waals surface area contributed by atoms with E-state index in [0.29, 0.717) is 15.9 Å². The zero-order valence-electron chi connectivity index (χ0n) is 11.1. The number of rotatable bonds is 4. The van der Waals surface area contributed by atoms with Crippen LogP contribution in [0.3, 0.4) is 0 Å². The molecule has 1 aliphatic rings. The maximum atomic E-state index is 13.5. The molecule has 1 fully saturated rings. The van der Waals surface area contributed by atoms with Gasteiger partial charge < -0.3 is 5.32 Å². The van der Waals surface area contributed by atoms with Gasteiger partial charge in [-0.15, -0.1) is 0 Å². The van der Waals surface area contributed by atoms with E-state index in [2.05, 4.69) is 35.1 Å². The first-order chi connectivity index (χ1) is 8.54. The second-order valence-corrected chi connectivity index (χ2v) is 6.49. The summed E-state index contributed by atoms with van der Waals surface area (Å²) in [7, 11) is 0. The molecule has 18 heavy (non-hydrogen) atoms. The number of hydrogen-bond acceptors (Lipinski definition) is 1. The number of halogens is 2. The minimum atomic E-state index is -0.155. The van der Waals surface area contributed by atoms with Crippen molar-refractivity contribution in [2.24, 2.45) is 5.41 Å². The molecule has 3 heteroatoms. The van der Waals surface area contributed by atoms with E-state index in [-0.39, 0.29) is 5.82 Å². The van der Waals surface area contributed by atoms with E-state index >= 15 is 0 Å². The highest BCUT2D eigenvalue weighted by atomic mass is 79.9. The zero-order valence-corrected chi connectivity index (χ0v) is 12.7. The Morgan fingerprint density at radius 2 is 2.28 bits per heavy atom. The molecular formula is C15H21BrFN. The number of benzene rings is 1. The molecule has 1 nitrogen and oxygen atoms in total. The van der Waals surface area contributed by atoms with E-state index in [1.165, 1.54) is 25.3 Å². The van der Waals surface area contributed by atoms with Crippen molar-refractivity contribution < 1.29 is 4.39 Å². The van der Waals surface area contributed by atoms with Crippen molar-refractivity contribution in [2.75, 3.05) is 6.54 Å². The smallest absolute Gasteiger partial charge is 0.137 e. The molecule has 2 unspecified atom stereocenters. The van der Waals surface area contributed by atoms with Crippen LogP contribution in [0.15, 0.2) is 22.7 Å². The van der Waals surface area contributed by atoms with Crippen LogP contribution in [0.25, 0.3) is 0 Å². The Labute approximate surface area is 117 Å². The first kappa shape index (κ1) is 14.0. The molecule has 100 valence electrons. The van der Waals surface area contributed by atoms with Crippen LogP contribution in [-0.4, -0.2) is 12.6 Å². The average Bonchev–Trinajstić information content (AvgIpc) is 2.68. The Balaban J connectivity index is 2.07. The minimum Gasteiger partial charge on any atom is -0.314 e. The molecule has 0 aromatic heterocycles. The van der Waals surface area contributed by atoms with Gasteiger partial charge in [0.1, 0.15) is 5.82 Å². The van der Waals surface area contributed by atoms with Crippen LogP contribution in [0, 0.1) is 11.2 Å². The van der Waals surface area contributed by atoms with Crippen molar-refractivity contribution in [3.63, 3.8) is 0 Å². The molecule has 0 bridgehead atoms. The molecule has 2 rings (SSSR count). The standard InChI is InChI=1S/C15H21BrFN/c1-3-18-12-7-8-15(2,10-12)9-11-5-4-6-13(17)14(11)16/h4-6,12,18H,3,7-10H2,1-2H3. The summed E-state index contributed by atoms with van der Waals surface area (Å²) in [6, 6.07) is 5.97. The molecule has 0 amide bonds. The second-order valence-electron chi connectivity index (χ2n) is 5.70. The number of nitrogens with one attached hydrogen (secondary N) is 1. The normalized spacial score (nSPS) is 27.7. The lowest BCUT2D eigenvalue weighted by atomic mass is 9.82. The van der Waals surface area contributed by atoms with Crippen LogP contribution < -0.4 is 5.32 Å². The fourth-order valence-corrected chi connectivity index (χ4v) is 3.49. The van der Waals surface area contributed by atoms with Crippen molar-refractivity contribution in [1.29, 1.82) is 0 Å². The first-order valence-corrected chi connectivity index (χ1v) is 7.50. The van der Waals surface area contributed by atoms with Gasteiger partial charge in [0, 0.05) is 6.04 Å². The Bertz CT molecular complexity index is 421. The summed E-state index contributed by atoms with van der Waals surface area (Å²) in [5, 5.41) is 3.53. The average molecular weight is 314 g/mol. The van der Waals surface area contributed by atoms with Crippen LogP contribution in [0.1, 0.15) is 38.7 Å². The van der Waals surface area contributed by atoms with Gasteiger partial charge in [-0.1, -0.05) is 26.0 Å². The van der Waals surface area contributed by atoms with Gasteiger partial charge in [-0.25, -0.2) is 4.39 Å². The molecule has 1 saturated carbocycles. The van der Waals surface area contributed by atoms with Crippen LogP contribution in [-0.2, 0) is 6.42 Å². The molecule has 1 aliphatic carbocycles. The van der Waals surface area contributed by atoms with Crippen molar-refractivity contribution in [2.45, 2.75) is 45.6 Å². The third kappa shape index (κ3) is 3.12. The summed E-state index contributed by atoms with van der Waals surface area (Å²) < 4.78 is 14.2. The van der Waals surface area contributed by atoms with Crippen molar-refractivity contribution >= 4 is 15.9 Å². The van der Waals surface area contributed by atoms with Gasteiger partial charge >= 0.3 is 0 Å². The van der Waals surface area contributed by atoms with E-state index in [1.54, 1.807) is 6.07 Å². The summed E-state index contributed by atoms with van der Waals surface area (Å²) in [5.41, 5.74) is 1.39. The third-order valence-electron chi connectivity index (χ3n) is 3.98. The van der Waals surface area contributed by atoms with Crippen LogP contribution in [0.5, 0.6) is 0 Å². The quantitative estimate of drug-likeness (QED) is 0.874. The van der Waals surface area contributed by atoms with E-state index in [1.807, 2.05) is 6.07 Å². The van der Waals surface area contributed by atoms with Crippen LogP contribution in [0.2, 0.25) is 0 Å².